The summed E-state index contributed by atoms with van der Waals surface area (Å²) in [6, 6.07) is 9.84. The molecule has 6 nitrogen and oxygen atoms in total. The van der Waals surface area contributed by atoms with Gasteiger partial charge in [0.15, 0.2) is 17.5 Å². The highest BCUT2D eigenvalue weighted by atomic mass is 32.1. The third kappa shape index (κ3) is 6.11. The molecule has 0 spiro atoms. The number of nitrogens with zero attached hydrogens (tertiary/aromatic N) is 1. The molecule has 0 radical (unpaired) electrons. The lowest BCUT2D eigenvalue weighted by molar-refractivity contribution is 0.0655. The molecular formula is C22H33N3O3S. The molecule has 0 amide bonds. The van der Waals surface area contributed by atoms with E-state index in [-0.39, 0.29) is 5.41 Å². The van der Waals surface area contributed by atoms with Crippen molar-refractivity contribution in [2.24, 2.45) is 4.99 Å². The molecule has 2 aromatic rings. The minimum absolute atomic E-state index is 0.210. The van der Waals surface area contributed by atoms with Crippen LogP contribution in [0.25, 0.3) is 0 Å². The number of aliphatic imine (C=N–C) groups is 1. The molecule has 1 atom stereocenters. The second kappa shape index (κ2) is 9.98. The summed E-state index contributed by atoms with van der Waals surface area (Å²) in [5, 5.41) is 19.2. The van der Waals surface area contributed by atoms with Crippen LogP contribution in [0.5, 0.6) is 11.5 Å². The Bertz CT molecular complexity index is 802. The van der Waals surface area contributed by atoms with Crippen molar-refractivity contribution in [3.05, 3.63) is 46.2 Å². The third-order valence-corrected chi connectivity index (χ3v) is 5.92. The summed E-state index contributed by atoms with van der Waals surface area (Å²) < 4.78 is 10.8. The van der Waals surface area contributed by atoms with Crippen molar-refractivity contribution in [3.63, 3.8) is 0 Å². The van der Waals surface area contributed by atoms with E-state index in [1.165, 1.54) is 0 Å². The van der Waals surface area contributed by atoms with Crippen molar-refractivity contribution in [1.82, 2.24) is 10.6 Å². The molecule has 29 heavy (non-hydrogen) atoms. The van der Waals surface area contributed by atoms with Crippen LogP contribution in [0.1, 0.15) is 38.1 Å². The first-order valence-corrected chi connectivity index (χ1v) is 10.6. The maximum atomic E-state index is 10.7. The van der Waals surface area contributed by atoms with Crippen LogP contribution in [0.15, 0.2) is 40.7 Å². The molecular weight excluding hydrogens is 386 g/mol. The summed E-state index contributed by atoms with van der Waals surface area (Å²) in [5.41, 5.74) is -0.0539. The number of rotatable bonds is 9. The Morgan fingerprint density at radius 1 is 1.10 bits per heavy atom. The number of hydrogen-bond donors (Lipinski definition) is 3. The molecule has 0 saturated carbocycles. The maximum Gasteiger partial charge on any atom is 0.191 e. The van der Waals surface area contributed by atoms with Crippen LogP contribution in [0.2, 0.25) is 0 Å². The minimum atomic E-state index is -0.955. The molecule has 0 bridgehead atoms. The van der Waals surface area contributed by atoms with Gasteiger partial charge in [0.2, 0.25) is 0 Å². The van der Waals surface area contributed by atoms with Crippen LogP contribution in [0.3, 0.4) is 0 Å². The quantitative estimate of drug-likeness (QED) is 0.428. The normalized spacial score (nSPS) is 14.2. The van der Waals surface area contributed by atoms with Gasteiger partial charge >= 0.3 is 0 Å². The van der Waals surface area contributed by atoms with Crippen LogP contribution in [0, 0.1) is 0 Å². The highest BCUT2D eigenvalue weighted by molar-refractivity contribution is 7.10. The molecule has 1 aromatic carbocycles. The number of aliphatic hydroxyl groups is 1. The number of thiophene rings is 1. The molecule has 0 aliphatic rings. The third-order valence-electron chi connectivity index (χ3n) is 4.79. The Balaban J connectivity index is 2.12. The lowest BCUT2D eigenvalue weighted by atomic mass is 9.84. The van der Waals surface area contributed by atoms with Gasteiger partial charge in [-0.15, -0.1) is 11.3 Å². The van der Waals surface area contributed by atoms with Crippen molar-refractivity contribution >= 4 is 17.3 Å². The van der Waals surface area contributed by atoms with Gasteiger partial charge in [-0.1, -0.05) is 26.0 Å². The van der Waals surface area contributed by atoms with Crippen molar-refractivity contribution < 1.29 is 14.6 Å². The number of nitrogens with one attached hydrogen (secondary N) is 2. The number of methoxy groups -OCH3 is 2. The van der Waals surface area contributed by atoms with E-state index >= 15 is 0 Å². The standard InChI is InChI=1S/C22H33N3O3S/c1-7-23-20(25-15-22(4,26)19-9-8-12-29-19)24-14-21(2,3)16-10-11-17(27-5)18(13-16)28-6/h8-13,26H,7,14-15H2,1-6H3,(H2,23,24,25). The monoisotopic (exact) mass is 419 g/mol. The number of guanidine groups is 1. The fourth-order valence-corrected chi connectivity index (χ4v) is 3.68. The molecule has 1 unspecified atom stereocenters. The van der Waals surface area contributed by atoms with E-state index in [0.717, 1.165) is 17.0 Å². The fraction of sp³-hybridized carbons (Fsp3) is 0.500. The van der Waals surface area contributed by atoms with Crippen LogP contribution in [-0.2, 0) is 11.0 Å². The average molecular weight is 420 g/mol. The Kier molecular flexibility index (Phi) is 7.93. The fourth-order valence-electron chi connectivity index (χ4n) is 2.89. The molecule has 1 aromatic heterocycles. The van der Waals surface area contributed by atoms with Crippen molar-refractivity contribution in [2.75, 3.05) is 33.9 Å². The molecule has 0 fully saturated rings. The van der Waals surface area contributed by atoms with Crippen LogP contribution >= 0.6 is 11.3 Å². The van der Waals surface area contributed by atoms with E-state index in [2.05, 4.69) is 24.5 Å². The molecule has 160 valence electrons. The Hall–Kier alpha value is -2.25. The second-order valence-corrected chi connectivity index (χ2v) is 8.70. The van der Waals surface area contributed by atoms with Crippen LogP contribution < -0.4 is 20.1 Å². The number of ether oxygens (including phenoxy) is 2. The second-order valence-electron chi connectivity index (χ2n) is 7.75. The zero-order chi connectivity index (χ0) is 21.5. The van der Waals surface area contributed by atoms with E-state index in [4.69, 9.17) is 14.5 Å². The van der Waals surface area contributed by atoms with E-state index in [0.29, 0.717) is 30.5 Å². The van der Waals surface area contributed by atoms with Gasteiger partial charge in [-0.3, -0.25) is 4.99 Å². The van der Waals surface area contributed by atoms with Gasteiger partial charge in [0.1, 0.15) is 5.60 Å². The topological polar surface area (TPSA) is 75.1 Å². The summed E-state index contributed by atoms with van der Waals surface area (Å²) in [4.78, 5) is 5.68. The zero-order valence-corrected chi connectivity index (χ0v) is 19.0. The van der Waals surface area contributed by atoms with Crippen molar-refractivity contribution in [1.29, 1.82) is 0 Å². The average Bonchev–Trinajstić information content (AvgIpc) is 3.25. The van der Waals surface area contributed by atoms with Gasteiger partial charge in [-0.05, 0) is 43.0 Å². The van der Waals surface area contributed by atoms with E-state index in [1.54, 1.807) is 25.6 Å². The van der Waals surface area contributed by atoms with Crippen molar-refractivity contribution in [2.45, 2.75) is 38.7 Å². The summed E-state index contributed by atoms with van der Waals surface area (Å²) >= 11 is 1.54. The van der Waals surface area contributed by atoms with E-state index in [9.17, 15) is 5.11 Å². The SMILES string of the molecule is CCNC(=NCC(C)(C)c1ccc(OC)c(OC)c1)NCC(C)(O)c1cccs1. The van der Waals surface area contributed by atoms with Crippen LogP contribution in [0.4, 0.5) is 0 Å². The van der Waals surface area contributed by atoms with E-state index in [1.807, 2.05) is 49.6 Å². The maximum absolute atomic E-state index is 10.7. The van der Waals surface area contributed by atoms with Gasteiger partial charge in [0.05, 0.1) is 27.3 Å². The van der Waals surface area contributed by atoms with Gasteiger partial charge < -0.3 is 25.2 Å². The minimum Gasteiger partial charge on any atom is -0.493 e. The Morgan fingerprint density at radius 3 is 2.41 bits per heavy atom. The molecule has 3 N–H and O–H groups in total. The summed E-state index contributed by atoms with van der Waals surface area (Å²) in [6.45, 7) is 9.79. The predicted molar refractivity (Wildman–Crippen MR) is 120 cm³/mol. The summed E-state index contributed by atoms with van der Waals surface area (Å²) in [6.07, 6.45) is 0. The van der Waals surface area contributed by atoms with Crippen LogP contribution in [-0.4, -0.2) is 44.9 Å². The molecule has 1 heterocycles. The Morgan fingerprint density at radius 2 is 1.83 bits per heavy atom. The van der Waals surface area contributed by atoms with Gasteiger partial charge in [0.25, 0.3) is 0 Å². The molecule has 2 rings (SSSR count). The van der Waals surface area contributed by atoms with Gasteiger partial charge in [-0.25, -0.2) is 0 Å². The molecule has 0 aliphatic heterocycles. The first-order chi connectivity index (χ1) is 13.7. The van der Waals surface area contributed by atoms with E-state index < -0.39 is 5.60 Å². The molecule has 0 saturated heterocycles. The largest absolute Gasteiger partial charge is 0.493 e. The summed E-state index contributed by atoms with van der Waals surface area (Å²) in [5.74, 6) is 2.10. The first kappa shape index (κ1) is 23.0. The van der Waals surface area contributed by atoms with Gasteiger partial charge in [0, 0.05) is 16.8 Å². The zero-order valence-electron chi connectivity index (χ0n) is 18.2. The first-order valence-electron chi connectivity index (χ1n) is 9.74. The highest BCUT2D eigenvalue weighted by Gasteiger charge is 2.25. The molecule has 7 heteroatoms. The predicted octanol–water partition coefficient (Wildman–Crippen LogP) is 3.51. The summed E-state index contributed by atoms with van der Waals surface area (Å²) in [7, 11) is 3.27. The lowest BCUT2D eigenvalue weighted by Gasteiger charge is -2.26. The van der Waals surface area contributed by atoms with Crippen molar-refractivity contribution in [3.8, 4) is 11.5 Å². The molecule has 0 aliphatic carbocycles. The lowest BCUT2D eigenvalue weighted by Crippen LogP contribution is -2.44. The van der Waals surface area contributed by atoms with Gasteiger partial charge in [-0.2, -0.15) is 0 Å². The number of benzene rings is 1. The highest BCUT2D eigenvalue weighted by Crippen LogP contribution is 2.33. The Labute approximate surface area is 178 Å². The number of hydrogen-bond acceptors (Lipinski definition) is 5. The smallest absolute Gasteiger partial charge is 0.191 e.